The van der Waals surface area contributed by atoms with Crippen LogP contribution >= 0.6 is 0 Å². The van der Waals surface area contributed by atoms with Crippen LogP contribution in [0.15, 0.2) is 18.2 Å². The molecule has 2 aliphatic rings. The van der Waals surface area contributed by atoms with Crippen molar-refractivity contribution in [2.24, 2.45) is 11.8 Å². The van der Waals surface area contributed by atoms with Gasteiger partial charge < -0.3 is 19.3 Å². The number of benzene rings is 1. The van der Waals surface area contributed by atoms with Gasteiger partial charge in [-0.2, -0.15) is 0 Å². The summed E-state index contributed by atoms with van der Waals surface area (Å²) in [5.41, 5.74) is 0.551. The number of fused-ring (bicyclic) bond motifs is 1. The van der Waals surface area contributed by atoms with E-state index in [1.807, 2.05) is 18.7 Å². The lowest BCUT2D eigenvalue weighted by Gasteiger charge is -2.39. The Morgan fingerprint density at radius 2 is 1.94 bits per heavy atom. The van der Waals surface area contributed by atoms with Gasteiger partial charge in [-0.3, -0.25) is 14.3 Å². The smallest absolute Gasteiger partial charge is 0.257 e. The molecule has 0 spiro atoms. The molecule has 1 saturated carbocycles. The minimum atomic E-state index is -3.50. The molecule has 3 rings (SSSR count). The van der Waals surface area contributed by atoms with Crippen LogP contribution < -0.4 is 9.46 Å². The lowest BCUT2D eigenvalue weighted by atomic mass is 9.83. The van der Waals surface area contributed by atoms with Gasteiger partial charge in [0.25, 0.3) is 5.91 Å². The SMILES string of the molecule is CCS(=O)(=O)Nc1ccc2c(c1)C(=O)N(C)C[C@@H](OC)[C@H](C)CN(C(=O)C1CCC1)[C@H](C)CO2. The minimum absolute atomic E-state index is 0.00618. The zero-order valence-corrected chi connectivity index (χ0v) is 21.6. The van der Waals surface area contributed by atoms with Crippen molar-refractivity contribution in [3.8, 4) is 5.75 Å². The lowest BCUT2D eigenvalue weighted by molar-refractivity contribution is -0.142. The van der Waals surface area contributed by atoms with Gasteiger partial charge in [0.2, 0.25) is 15.9 Å². The topological polar surface area (TPSA) is 105 Å². The highest BCUT2D eigenvalue weighted by Gasteiger charge is 2.35. The third-order valence-corrected chi connectivity index (χ3v) is 8.14. The van der Waals surface area contributed by atoms with Crippen molar-refractivity contribution >= 4 is 27.5 Å². The summed E-state index contributed by atoms with van der Waals surface area (Å²) in [5, 5.41) is 0. The van der Waals surface area contributed by atoms with E-state index in [0.29, 0.717) is 24.5 Å². The third-order valence-electron chi connectivity index (χ3n) is 6.84. The van der Waals surface area contributed by atoms with Crippen LogP contribution in [-0.4, -0.2) is 81.8 Å². The molecule has 0 saturated heterocycles. The van der Waals surface area contributed by atoms with Crippen LogP contribution in [0.2, 0.25) is 0 Å². The predicted molar refractivity (Wildman–Crippen MR) is 130 cm³/mol. The van der Waals surface area contributed by atoms with Gasteiger partial charge in [0.15, 0.2) is 0 Å². The number of carbonyl (C=O) groups excluding carboxylic acids is 2. The minimum Gasteiger partial charge on any atom is -0.491 e. The molecule has 0 unspecified atom stereocenters. The number of methoxy groups -OCH3 is 1. The maximum Gasteiger partial charge on any atom is 0.257 e. The number of carbonyl (C=O) groups is 2. The molecule has 1 N–H and O–H groups in total. The van der Waals surface area contributed by atoms with E-state index < -0.39 is 10.0 Å². The molecule has 1 aromatic carbocycles. The van der Waals surface area contributed by atoms with E-state index in [9.17, 15) is 18.0 Å². The fourth-order valence-corrected chi connectivity index (χ4v) is 4.92. The first-order valence-corrected chi connectivity index (χ1v) is 13.6. The van der Waals surface area contributed by atoms with Crippen molar-refractivity contribution in [2.45, 2.75) is 52.2 Å². The molecule has 190 valence electrons. The van der Waals surface area contributed by atoms with Crippen LogP contribution in [0, 0.1) is 11.8 Å². The molecule has 1 aromatic rings. The number of sulfonamides is 1. The van der Waals surface area contributed by atoms with Gasteiger partial charge in [0, 0.05) is 44.8 Å². The van der Waals surface area contributed by atoms with Gasteiger partial charge in [-0.25, -0.2) is 8.42 Å². The number of hydrogen-bond acceptors (Lipinski definition) is 6. The molecule has 9 nitrogen and oxygen atoms in total. The largest absolute Gasteiger partial charge is 0.491 e. The van der Waals surface area contributed by atoms with Gasteiger partial charge in [-0.05, 0) is 44.9 Å². The molecular weight excluding hydrogens is 458 g/mol. The summed E-state index contributed by atoms with van der Waals surface area (Å²) >= 11 is 0. The van der Waals surface area contributed by atoms with Crippen LogP contribution in [0.5, 0.6) is 5.75 Å². The molecule has 34 heavy (non-hydrogen) atoms. The Labute approximate surface area is 202 Å². The summed E-state index contributed by atoms with van der Waals surface area (Å²) in [6.07, 6.45) is 2.64. The summed E-state index contributed by atoms with van der Waals surface area (Å²) < 4.78 is 38.4. The number of anilines is 1. The highest BCUT2D eigenvalue weighted by molar-refractivity contribution is 7.92. The molecule has 0 radical (unpaired) electrons. The second-order valence-corrected chi connectivity index (χ2v) is 11.4. The van der Waals surface area contributed by atoms with Gasteiger partial charge in [-0.1, -0.05) is 13.3 Å². The normalized spacial score (nSPS) is 24.9. The van der Waals surface area contributed by atoms with Crippen molar-refractivity contribution in [1.82, 2.24) is 9.80 Å². The fourth-order valence-electron chi connectivity index (χ4n) is 4.29. The molecule has 0 bridgehead atoms. The quantitative estimate of drug-likeness (QED) is 0.673. The summed E-state index contributed by atoms with van der Waals surface area (Å²) in [6.45, 7) is 6.58. The molecule has 1 heterocycles. The Morgan fingerprint density at radius 1 is 1.24 bits per heavy atom. The molecule has 2 amide bonds. The zero-order valence-electron chi connectivity index (χ0n) is 20.7. The number of nitrogens with zero attached hydrogens (tertiary/aromatic N) is 2. The number of ether oxygens (including phenoxy) is 2. The van der Waals surface area contributed by atoms with E-state index in [2.05, 4.69) is 4.72 Å². The van der Waals surface area contributed by atoms with Crippen molar-refractivity contribution < 1.29 is 27.5 Å². The zero-order chi connectivity index (χ0) is 25.0. The Balaban J connectivity index is 1.96. The average molecular weight is 496 g/mol. The van der Waals surface area contributed by atoms with E-state index in [1.165, 1.54) is 6.07 Å². The predicted octanol–water partition coefficient (Wildman–Crippen LogP) is 2.58. The Morgan fingerprint density at radius 3 is 2.53 bits per heavy atom. The molecule has 10 heteroatoms. The molecule has 1 aliphatic carbocycles. The Bertz CT molecular complexity index is 994. The van der Waals surface area contributed by atoms with E-state index >= 15 is 0 Å². The third kappa shape index (κ3) is 6.02. The van der Waals surface area contributed by atoms with Crippen molar-refractivity contribution in [3.05, 3.63) is 23.8 Å². The molecule has 1 fully saturated rings. The fraction of sp³-hybridized carbons (Fsp3) is 0.667. The molecular formula is C24H37N3O6S. The van der Waals surface area contributed by atoms with E-state index in [1.54, 1.807) is 38.1 Å². The van der Waals surface area contributed by atoms with E-state index in [-0.39, 0.29) is 53.7 Å². The molecule has 3 atom stereocenters. The van der Waals surface area contributed by atoms with Gasteiger partial charge in [0.05, 0.1) is 23.5 Å². The van der Waals surface area contributed by atoms with Crippen LogP contribution in [-0.2, 0) is 19.6 Å². The first kappa shape index (κ1) is 26.3. The highest BCUT2D eigenvalue weighted by atomic mass is 32.2. The van der Waals surface area contributed by atoms with Gasteiger partial charge in [-0.15, -0.1) is 0 Å². The summed E-state index contributed by atoms with van der Waals surface area (Å²) in [7, 11) is -0.208. The monoisotopic (exact) mass is 495 g/mol. The van der Waals surface area contributed by atoms with Crippen LogP contribution in [0.4, 0.5) is 5.69 Å². The van der Waals surface area contributed by atoms with E-state index in [0.717, 1.165) is 19.3 Å². The summed E-state index contributed by atoms with van der Waals surface area (Å²) in [4.78, 5) is 30.0. The summed E-state index contributed by atoms with van der Waals surface area (Å²) in [5.74, 6) is 0.182. The Kier molecular flexibility index (Phi) is 8.46. The number of likely N-dealkylation sites (N-methyl/N-ethyl adjacent to an activating group) is 1. The molecule has 0 aromatic heterocycles. The number of amides is 2. The highest BCUT2D eigenvalue weighted by Crippen LogP contribution is 2.31. The van der Waals surface area contributed by atoms with Crippen molar-refractivity contribution in [2.75, 3.05) is 44.3 Å². The molecule has 1 aliphatic heterocycles. The van der Waals surface area contributed by atoms with Gasteiger partial charge in [0.1, 0.15) is 12.4 Å². The Hall–Kier alpha value is -2.33. The standard InChI is InChI=1S/C24H37N3O6S/c1-6-34(30,31)25-19-10-11-21-20(12-19)24(29)26(4)14-22(32-5)16(2)13-27(17(3)15-33-21)23(28)18-8-7-9-18/h10-12,16-18,22,25H,6-9,13-15H2,1-5H3/t16-,17-,22-/m1/s1. The number of nitrogens with one attached hydrogen (secondary N) is 1. The van der Waals surface area contributed by atoms with Crippen LogP contribution in [0.25, 0.3) is 0 Å². The van der Waals surface area contributed by atoms with Crippen LogP contribution in [0.1, 0.15) is 50.4 Å². The average Bonchev–Trinajstić information content (AvgIpc) is 2.76. The first-order chi connectivity index (χ1) is 16.1. The summed E-state index contributed by atoms with van der Waals surface area (Å²) in [6, 6.07) is 4.47. The lowest BCUT2D eigenvalue weighted by Crippen LogP contribution is -2.51. The van der Waals surface area contributed by atoms with Gasteiger partial charge >= 0.3 is 0 Å². The van der Waals surface area contributed by atoms with Crippen molar-refractivity contribution in [1.29, 1.82) is 0 Å². The maximum absolute atomic E-state index is 13.3. The second kappa shape index (κ2) is 10.9. The maximum atomic E-state index is 13.3. The van der Waals surface area contributed by atoms with E-state index in [4.69, 9.17) is 9.47 Å². The number of rotatable bonds is 5. The first-order valence-electron chi connectivity index (χ1n) is 11.9. The second-order valence-electron chi connectivity index (χ2n) is 9.43. The van der Waals surface area contributed by atoms with Crippen molar-refractivity contribution in [3.63, 3.8) is 0 Å². The van der Waals surface area contributed by atoms with Crippen LogP contribution in [0.3, 0.4) is 0 Å². The number of hydrogen-bond donors (Lipinski definition) is 1.